The molecule has 1 rings (SSSR count). The summed E-state index contributed by atoms with van der Waals surface area (Å²) < 4.78 is 0. The molecule has 1 atom stereocenters. The Hall–Kier alpha value is -0.120. The Kier molecular flexibility index (Phi) is 5.58. The van der Waals surface area contributed by atoms with E-state index < -0.39 is 0 Å². The molecule has 0 spiro atoms. The maximum atomic E-state index is 3.49. The Morgan fingerprint density at radius 3 is 2.73 bits per heavy atom. The molecule has 1 unspecified atom stereocenters. The van der Waals surface area contributed by atoms with Gasteiger partial charge in [0.2, 0.25) is 0 Å². The van der Waals surface area contributed by atoms with Crippen molar-refractivity contribution in [2.45, 2.75) is 39.3 Å². The van der Waals surface area contributed by atoms with Gasteiger partial charge >= 0.3 is 0 Å². The van der Waals surface area contributed by atoms with Gasteiger partial charge in [0, 0.05) is 31.7 Å². The first kappa shape index (κ1) is 12.9. The molecule has 3 nitrogen and oxygen atoms in total. The van der Waals surface area contributed by atoms with Gasteiger partial charge in [0.05, 0.1) is 0 Å². The van der Waals surface area contributed by atoms with Crippen LogP contribution in [0.25, 0.3) is 0 Å². The number of nitrogens with one attached hydrogen (secondary N) is 1. The summed E-state index contributed by atoms with van der Waals surface area (Å²) in [6, 6.07) is 1.31. The van der Waals surface area contributed by atoms with Crippen molar-refractivity contribution in [2.24, 2.45) is 0 Å². The van der Waals surface area contributed by atoms with Crippen LogP contribution in [-0.4, -0.2) is 61.7 Å². The minimum Gasteiger partial charge on any atom is -0.313 e. The zero-order chi connectivity index (χ0) is 11.3. The first-order valence-electron chi connectivity index (χ1n) is 6.25. The highest BCUT2D eigenvalue weighted by Crippen LogP contribution is 2.07. The fourth-order valence-corrected chi connectivity index (χ4v) is 2.25. The molecule has 0 amide bonds. The average molecular weight is 213 g/mol. The van der Waals surface area contributed by atoms with Crippen molar-refractivity contribution in [3.63, 3.8) is 0 Å². The highest BCUT2D eigenvalue weighted by atomic mass is 15.2. The summed E-state index contributed by atoms with van der Waals surface area (Å²) in [5, 5.41) is 3.49. The summed E-state index contributed by atoms with van der Waals surface area (Å²) >= 11 is 0. The van der Waals surface area contributed by atoms with Gasteiger partial charge in [-0.25, -0.2) is 0 Å². The number of nitrogens with zero attached hydrogens (tertiary/aromatic N) is 2. The number of hydrogen-bond acceptors (Lipinski definition) is 3. The Balaban J connectivity index is 2.26. The lowest BCUT2D eigenvalue weighted by Crippen LogP contribution is -2.42. The van der Waals surface area contributed by atoms with Crippen LogP contribution in [0.15, 0.2) is 0 Å². The van der Waals surface area contributed by atoms with Crippen LogP contribution < -0.4 is 5.32 Å². The molecule has 1 heterocycles. The van der Waals surface area contributed by atoms with Crippen molar-refractivity contribution in [1.82, 2.24) is 15.1 Å². The Bertz CT molecular complexity index is 170. The first-order valence-corrected chi connectivity index (χ1v) is 6.25. The maximum Gasteiger partial charge on any atom is 0.0195 e. The van der Waals surface area contributed by atoms with Crippen LogP contribution in [0.3, 0.4) is 0 Å². The minimum atomic E-state index is 0.606. The highest BCUT2D eigenvalue weighted by Gasteiger charge is 2.18. The van der Waals surface area contributed by atoms with Gasteiger partial charge in [-0.15, -0.1) is 0 Å². The quantitative estimate of drug-likeness (QED) is 0.752. The van der Waals surface area contributed by atoms with Crippen LogP contribution in [0.4, 0.5) is 0 Å². The lowest BCUT2D eigenvalue weighted by molar-refractivity contribution is 0.201. The predicted octanol–water partition coefficient (Wildman–Crippen LogP) is 1.01. The normalized spacial score (nSPS) is 25.8. The largest absolute Gasteiger partial charge is 0.313 e. The van der Waals surface area contributed by atoms with Gasteiger partial charge < -0.3 is 10.2 Å². The van der Waals surface area contributed by atoms with E-state index in [0.717, 1.165) is 6.54 Å². The van der Waals surface area contributed by atoms with Gasteiger partial charge in [0.1, 0.15) is 0 Å². The van der Waals surface area contributed by atoms with E-state index in [0.29, 0.717) is 12.1 Å². The highest BCUT2D eigenvalue weighted by molar-refractivity contribution is 4.75. The standard InChI is InChI=1S/C12H27N3/c1-11(2)13-6-9-15-8-5-7-14(4)10-12(15)3/h11-13H,5-10H2,1-4H3. The average Bonchev–Trinajstić information content (AvgIpc) is 2.28. The summed E-state index contributed by atoms with van der Waals surface area (Å²) in [5.41, 5.74) is 0. The number of rotatable bonds is 4. The molecule has 90 valence electrons. The van der Waals surface area contributed by atoms with Crippen LogP contribution in [-0.2, 0) is 0 Å². The summed E-state index contributed by atoms with van der Waals surface area (Å²) in [7, 11) is 2.23. The third-order valence-corrected chi connectivity index (χ3v) is 3.14. The fraction of sp³-hybridized carbons (Fsp3) is 1.00. The summed E-state index contributed by atoms with van der Waals surface area (Å²) in [4.78, 5) is 5.05. The topological polar surface area (TPSA) is 18.5 Å². The van der Waals surface area contributed by atoms with E-state index in [1.807, 2.05) is 0 Å². The second-order valence-electron chi connectivity index (χ2n) is 5.11. The second kappa shape index (κ2) is 6.46. The molecule has 0 radical (unpaired) electrons. The van der Waals surface area contributed by atoms with Gasteiger partial charge in [0.15, 0.2) is 0 Å². The SMILES string of the molecule is CC(C)NCCN1CCCN(C)CC1C. The van der Waals surface area contributed by atoms with E-state index in [1.54, 1.807) is 0 Å². The van der Waals surface area contributed by atoms with E-state index in [-0.39, 0.29) is 0 Å². The van der Waals surface area contributed by atoms with Crippen molar-refractivity contribution in [1.29, 1.82) is 0 Å². The van der Waals surface area contributed by atoms with Crippen LogP contribution in [0.5, 0.6) is 0 Å². The van der Waals surface area contributed by atoms with E-state index in [9.17, 15) is 0 Å². The lowest BCUT2D eigenvalue weighted by Gasteiger charge is -2.28. The van der Waals surface area contributed by atoms with E-state index in [4.69, 9.17) is 0 Å². The molecule has 15 heavy (non-hydrogen) atoms. The van der Waals surface area contributed by atoms with E-state index in [1.165, 1.54) is 32.6 Å². The molecular weight excluding hydrogens is 186 g/mol. The second-order valence-corrected chi connectivity index (χ2v) is 5.11. The Morgan fingerprint density at radius 2 is 2.07 bits per heavy atom. The van der Waals surface area contributed by atoms with Crippen molar-refractivity contribution in [2.75, 3.05) is 39.8 Å². The molecule has 0 bridgehead atoms. The number of hydrogen-bond donors (Lipinski definition) is 1. The van der Waals surface area contributed by atoms with Crippen molar-refractivity contribution in [3.8, 4) is 0 Å². The van der Waals surface area contributed by atoms with Gasteiger partial charge in [0.25, 0.3) is 0 Å². The van der Waals surface area contributed by atoms with Crippen molar-refractivity contribution in [3.05, 3.63) is 0 Å². The number of likely N-dealkylation sites (N-methyl/N-ethyl adjacent to an activating group) is 1. The van der Waals surface area contributed by atoms with Crippen LogP contribution in [0.2, 0.25) is 0 Å². The molecule has 1 aliphatic heterocycles. The van der Waals surface area contributed by atoms with Crippen molar-refractivity contribution >= 4 is 0 Å². The molecule has 0 aromatic rings. The summed E-state index contributed by atoms with van der Waals surface area (Å²) in [6.45, 7) is 12.8. The van der Waals surface area contributed by atoms with Crippen LogP contribution in [0, 0.1) is 0 Å². The maximum absolute atomic E-state index is 3.49. The third-order valence-electron chi connectivity index (χ3n) is 3.14. The third kappa shape index (κ3) is 4.96. The minimum absolute atomic E-state index is 0.606. The summed E-state index contributed by atoms with van der Waals surface area (Å²) in [5.74, 6) is 0. The smallest absolute Gasteiger partial charge is 0.0195 e. The molecule has 1 N–H and O–H groups in total. The van der Waals surface area contributed by atoms with Gasteiger partial charge in [-0.2, -0.15) is 0 Å². The van der Waals surface area contributed by atoms with Gasteiger partial charge in [-0.3, -0.25) is 4.90 Å². The van der Waals surface area contributed by atoms with Gasteiger partial charge in [-0.1, -0.05) is 13.8 Å². The molecule has 3 heteroatoms. The van der Waals surface area contributed by atoms with Crippen LogP contribution in [0.1, 0.15) is 27.2 Å². The molecule has 0 aromatic carbocycles. The predicted molar refractivity (Wildman–Crippen MR) is 66.3 cm³/mol. The van der Waals surface area contributed by atoms with Gasteiger partial charge in [-0.05, 0) is 33.5 Å². The zero-order valence-corrected chi connectivity index (χ0v) is 10.8. The zero-order valence-electron chi connectivity index (χ0n) is 10.8. The monoisotopic (exact) mass is 213 g/mol. The Morgan fingerprint density at radius 1 is 1.33 bits per heavy atom. The first-order chi connectivity index (χ1) is 7.09. The lowest BCUT2D eigenvalue weighted by atomic mass is 10.2. The Labute approximate surface area is 94.8 Å². The molecule has 1 saturated heterocycles. The molecule has 0 aromatic heterocycles. The molecule has 1 aliphatic rings. The molecule has 0 saturated carbocycles. The van der Waals surface area contributed by atoms with E-state index >= 15 is 0 Å². The molecule has 0 aliphatic carbocycles. The fourth-order valence-electron chi connectivity index (χ4n) is 2.25. The van der Waals surface area contributed by atoms with Crippen molar-refractivity contribution < 1.29 is 0 Å². The molecular formula is C12H27N3. The summed E-state index contributed by atoms with van der Waals surface area (Å²) in [6.07, 6.45) is 1.31. The molecule has 1 fully saturated rings. The van der Waals surface area contributed by atoms with Crippen LogP contribution >= 0.6 is 0 Å². The van der Waals surface area contributed by atoms with E-state index in [2.05, 4.69) is 42.9 Å².